The van der Waals surface area contributed by atoms with Crippen LogP contribution in [0.2, 0.25) is 0 Å². The standard InChI is InChI=1S/C16H17N5OS/c17-8-6-12-7-10-19-15(18-9-3-11-22)21(12)16-20-13-4-1-2-5-14(13)23-16/h1-2,4-5,7,10,12,22H,3,6,9,11H2,(H,18,19). The summed E-state index contributed by atoms with van der Waals surface area (Å²) in [7, 11) is 0. The van der Waals surface area contributed by atoms with E-state index in [0.29, 0.717) is 25.3 Å². The van der Waals surface area contributed by atoms with Crippen molar-refractivity contribution >= 4 is 32.6 Å². The Bertz CT molecular complexity index is 743. The van der Waals surface area contributed by atoms with E-state index >= 15 is 0 Å². The van der Waals surface area contributed by atoms with Gasteiger partial charge in [-0.3, -0.25) is 9.89 Å². The molecule has 1 aliphatic heterocycles. The molecule has 2 aromatic rings. The summed E-state index contributed by atoms with van der Waals surface area (Å²) in [5, 5.41) is 22.0. The molecule has 1 aromatic heterocycles. The lowest BCUT2D eigenvalue weighted by Crippen LogP contribution is -2.48. The lowest BCUT2D eigenvalue weighted by molar-refractivity contribution is 0.291. The first-order chi connectivity index (χ1) is 11.3. The molecule has 0 amide bonds. The number of fused-ring (bicyclic) bond motifs is 1. The lowest BCUT2D eigenvalue weighted by atomic mass is 10.2. The fourth-order valence-electron chi connectivity index (χ4n) is 2.37. The van der Waals surface area contributed by atoms with Crippen LogP contribution >= 0.6 is 11.3 Å². The van der Waals surface area contributed by atoms with Gasteiger partial charge in [0.05, 0.1) is 28.7 Å². The number of benzene rings is 1. The summed E-state index contributed by atoms with van der Waals surface area (Å²) < 4.78 is 1.10. The predicted octanol–water partition coefficient (Wildman–Crippen LogP) is 2.24. The van der Waals surface area contributed by atoms with Gasteiger partial charge in [-0.1, -0.05) is 23.5 Å². The lowest BCUT2D eigenvalue weighted by Gasteiger charge is -2.32. The summed E-state index contributed by atoms with van der Waals surface area (Å²) in [6, 6.07) is 10.1. The molecule has 0 aliphatic carbocycles. The summed E-state index contributed by atoms with van der Waals surface area (Å²) >= 11 is 1.58. The third-order valence-corrected chi connectivity index (χ3v) is 4.49. The van der Waals surface area contributed by atoms with Crippen molar-refractivity contribution in [2.24, 2.45) is 4.99 Å². The van der Waals surface area contributed by atoms with Gasteiger partial charge in [0.25, 0.3) is 0 Å². The number of rotatable bonds is 5. The molecule has 118 valence electrons. The highest BCUT2D eigenvalue weighted by atomic mass is 32.1. The minimum Gasteiger partial charge on any atom is -0.396 e. The molecule has 7 heteroatoms. The molecule has 1 atom stereocenters. The summed E-state index contributed by atoms with van der Waals surface area (Å²) in [4.78, 5) is 11.2. The largest absolute Gasteiger partial charge is 0.396 e. The zero-order valence-corrected chi connectivity index (χ0v) is 13.3. The molecule has 23 heavy (non-hydrogen) atoms. The average Bonchev–Trinajstić information content (AvgIpc) is 2.99. The molecule has 1 unspecified atom stereocenters. The van der Waals surface area contributed by atoms with Gasteiger partial charge in [0.1, 0.15) is 0 Å². The van der Waals surface area contributed by atoms with Crippen LogP contribution in [0.1, 0.15) is 12.8 Å². The number of aliphatic imine (C=N–C) groups is 1. The second-order valence-electron chi connectivity index (χ2n) is 5.05. The van der Waals surface area contributed by atoms with Gasteiger partial charge in [-0.05, 0) is 24.6 Å². The van der Waals surface area contributed by atoms with Crippen LogP contribution in [-0.4, -0.2) is 35.2 Å². The molecule has 0 bridgehead atoms. The summed E-state index contributed by atoms with van der Waals surface area (Å²) in [6.07, 6.45) is 4.71. The monoisotopic (exact) mass is 327 g/mol. The minimum atomic E-state index is -0.102. The molecule has 0 fully saturated rings. The Morgan fingerprint density at radius 1 is 1.43 bits per heavy atom. The second kappa shape index (κ2) is 7.22. The number of nitrogens with one attached hydrogen (secondary N) is 1. The van der Waals surface area contributed by atoms with Crippen molar-refractivity contribution in [1.29, 1.82) is 5.26 Å². The van der Waals surface area contributed by atoms with E-state index in [-0.39, 0.29) is 12.6 Å². The van der Waals surface area contributed by atoms with Gasteiger partial charge in [-0.15, -0.1) is 0 Å². The summed E-state index contributed by atoms with van der Waals surface area (Å²) in [5.74, 6) is 0.667. The molecule has 0 saturated carbocycles. The Morgan fingerprint density at radius 3 is 3.09 bits per heavy atom. The highest BCUT2D eigenvalue weighted by Gasteiger charge is 2.27. The zero-order valence-electron chi connectivity index (χ0n) is 12.5. The van der Waals surface area contributed by atoms with Gasteiger partial charge < -0.3 is 10.4 Å². The maximum Gasteiger partial charge on any atom is 0.204 e. The number of nitriles is 1. The first kappa shape index (κ1) is 15.5. The quantitative estimate of drug-likeness (QED) is 0.823. The van der Waals surface area contributed by atoms with Gasteiger partial charge in [-0.25, -0.2) is 4.98 Å². The predicted molar refractivity (Wildman–Crippen MR) is 92.4 cm³/mol. The smallest absolute Gasteiger partial charge is 0.204 e. The van der Waals surface area contributed by atoms with Gasteiger partial charge in [0.2, 0.25) is 5.96 Å². The van der Waals surface area contributed by atoms with Crippen LogP contribution < -0.4 is 10.2 Å². The Morgan fingerprint density at radius 2 is 2.30 bits per heavy atom. The molecule has 2 heterocycles. The number of aliphatic hydroxyl groups is 1. The zero-order chi connectivity index (χ0) is 16.1. The van der Waals surface area contributed by atoms with E-state index in [4.69, 9.17) is 10.4 Å². The van der Waals surface area contributed by atoms with E-state index in [0.717, 1.165) is 15.3 Å². The van der Waals surface area contributed by atoms with E-state index in [1.54, 1.807) is 11.3 Å². The topological polar surface area (TPSA) is 84.5 Å². The molecule has 3 rings (SSSR count). The van der Waals surface area contributed by atoms with E-state index in [1.807, 2.05) is 41.4 Å². The van der Waals surface area contributed by atoms with Crippen molar-refractivity contribution in [3.05, 3.63) is 36.5 Å². The number of aromatic nitrogens is 1. The first-order valence-electron chi connectivity index (χ1n) is 7.44. The molecule has 1 aliphatic rings. The Balaban J connectivity index is 1.98. The van der Waals surface area contributed by atoms with Crippen molar-refractivity contribution in [1.82, 2.24) is 10.3 Å². The second-order valence-corrected chi connectivity index (χ2v) is 6.06. The molecule has 6 nitrogen and oxygen atoms in total. The Hall–Kier alpha value is -2.43. The van der Waals surface area contributed by atoms with E-state index in [9.17, 15) is 0 Å². The van der Waals surface area contributed by atoms with Crippen molar-refractivity contribution in [2.75, 3.05) is 18.1 Å². The highest BCUT2D eigenvalue weighted by Crippen LogP contribution is 2.31. The molecule has 0 spiro atoms. The van der Waals surface area contributed by atoms with Crippen LogP contribution in [0.4, 0.5) is 5.13 Å². The Labute approximate surface area is 138 Å². The summed E-state index contributed by atoms with van der Waals surface area (Å²) in [5.41, 5.74) is 0.937. The minimum absolute atomic E-state index is 0.102. The molecular formula is C16H17N5OS. The SMILES string of the molecule is N#CCC1C=CNC(=NCCCO)N1c1nc2ccccc2s1. The van der Waals surface area contributed by atoms with Gasteiger partial charge in [-0.2, -0.15) is 5.26 Å². The number of para-hydroxylation sites is 1. The third-order valence-electron chi connectivity index (χ3n) is 3.46. The fourth-order valence-corrected chi connectivity index (χ4v) is 3.40. The first-order valence-corrected chi connectivity index (χ1v) is 8.25. The fraction of sp³-hybridized carbons (Fsp3) is 0.312. The number of aliphatic hydroxyl groups excluding tert-OH is 1. The van der Waals surface area contributed by atoms with Crippen LogP contribution in [0.3, 0.4) is 0 Å². The van der Waals surface area contributed by atoms with Crippen molar-refractivity contribution in [3.8, 4) is 6.07 Å². The molecular weight excluding hydrogens is 310 g/mol. The van der Waals surface area contributed by atoms with Crippen LogP contribution in [-0.2, 0) is 0 Å². The van der Waals surface area contributed by atoms with Crippen molar-refractivity contribution in [2.45, 2.75) is 18.9 Å². The maximum absolute atomic E-state index is 9.10. The van der Waals surface area contributed by atoms with E-state index in [1.165, 1.54) is 0 Å². The summed E-state index contributed by atoms with van der Waals surface area (Å²) in [6.45, 7) is 0.628. The number of hydrogen-bond acceptors (Lipinski definition) is 5. The maximum atomic E-state index is 9.10. The van der Waals surface area contributed by atoms with Gasteiger partial charge >= 0.3 is 0 Å². The molecule has 0 saturated heterocycles. The van der Waals surface area contributed by atoms with Crippen LogP contribution in [0.25, 0.3) is 10.2 Å². The molecule has 0 radical (unpaired) electrons. The van der Waals surface area contributed by atoms with E-state index < -0.39 is 0 Å². The number of nitrogens with zero attached hydrogens (tertiary/aromatic N) is 4. The molecule has 2 N–H and O–H groups in total. The van der Waals surface area contributed by atoms with Crippen LogP contribution in [0.5, 0.6) is 0 Å². The van der Waals surface area contributed by atoms with Crippen molar-refractivity contribution < 1.29 is 5.11 Å². The average molecular weight is 327 g/mol. The number of hydrogen-bond donors (Lipinski definition) is 2. The third kappa shape index (κ3) is 3.33. The van der Waals surface area contributed by atoms with Crippen LogP contribution in [0, 0.1) is 11.3 Å². The number of guanidine groups is 1. The normalized spacial score (nSPS) is 19.0. The van der Waals surface area contributed by atoms with Gasteiger partial charge in [0.15, 0.2) is 5.13 Å². The Kier molecular flexibility index (Phi) is 4.86. The van der Waals surface area contributed by atoms with E-state index in [2.05, 4.69) is 21.4 Å². The number of anilines is 1. The van der Waals surface area contributed by atoms with Gasteiger partial charge in [0, 0.05) is 19.4 Å². The highest BCUT2D eigenvalue weighted by molar-refractivity contribution is 7.22. The van der Waals surface area contributed by atoms with Crippen LogP contribution in [0.15, 0.2) is 41.5 Å². The van der Waals surface area contributed by atoms with Crippen molar-refractivity contribution in [3.63, 3.8) is 0 Å². The number of thiazole rings is 1. The molecule has 1 aromatic carbocycles.